The number of nitrogens with zero attached hydrogens (tertiary/aromatic N) is 2. The molecule has 218 valence electrons. The van der Waals surface area contributed by atoms with E-state index in [1.807, 2.05) is 57.2 Å². The molecular formula is C33H41N3O4S. The fraction of sp³-hybridized carbons (Fsp3) is 0.394. The molecule has 0 saturated heterocycles. The summed E-state index contributed by atoms with van der Waals surface area (Å²) in [7, 11) is -4.07. The Labute approximate surface area is 244 Å². The lowest BCUT2D eigenvalue weighted by Crippen LogP contribution is -2.54. The molecule has 0 spiro atoms. The monoisotopic (exact) mass is 575 g/mol. The summed E-state index contributed by atoms with van der Waals surface area (Å²) < 4.78 is 28.9. The highest BCUT2D eigenvalue weighted by atomic mass is 32.2. The van der Waals surface area contributed by atoms with Gasteiger partial charge < -0.3 is 10.2 Å². The lowest BCUT2D eigenvalue weighted by molar-refractivity contribution is -0.140. The quantitative estimate of drug-likeness (QED) is 0.315. The molecule has 3 aromatic carbocycles. The first-order valence-electron chi connectivity index (χ1n) is 14.5. The summed E-state index contributed by atoms with van der Waals surface area (Å²) in [6.07, 6.45) is 5.61. The predicted molar refractivity (Wildman–Crippen MR) is 163 cm³/mol. The molecule has 2 amide bonds. The Bertz CT molecular complexity index is 1420. The van der Waals surface area contributed by atoms with Crippen LogP contribution in [0.5, 0.6) is 0 Å². The Morgan fingerprint density at radius 1 is 0.878 bits per heavy atom. The van der Waals surface area contributed by atoms with Gasteiger partial charge in [0.15, 0.2) is 0 Å². The van der Waals surface area contributed by atoms with Crippen molar-refractivity contribution < 1.29 is 18.0 Å². The SMILES string of the molecule is CCC(C(=O)NC1CCCCC1)N(Cc1cccc(C)c1)C(=O)CN(c1ccc(C)cc1)S(=O)(=O)c1ccccc1. The highest BCUT2D eigenvalue weighted by Gasteiger charge is 2.34. The first-order chi connectivity index (χ1) is 19.7. The van der Waals surface area contributed by atoms with Gasteiger partial charge in [0.2, 0.25) is 11.8 Å². The van der Waals surface area contributed by atoms with E-state index in [1.54, 1.807) is 35.2 Å². The Kier molecular flexibility index (Phi) is 10.2. The Hall–Kier alpha value is -3.65. The minimum absolute atomic E-state index is 0.0979. The molecule has 3 aromatic rings. The van der Waals surface area contributed by atoms with Crippen LogP contribution in [-0.2, 0) is 26.2 Å². The number of aryl methyl sites for hydroxylation is 2. The molecule has 1 aliphatic rings. The first-order valence-corrected chi connectivity index (χ1v) is 15.9. The van der Waals surface area contributed by atoms with Crippen molar-refractivity contribution in [2.75, 3.05) is 10.8 Å². The number of nitrogens with one attached hydrogen (secondary N) is 1. The summed E-state index contributed by atoms with van der Waals surface area (Å²) >= 11 is 0. The molecule has 0 radical (unpaired) electrons. The molecule has 1 atom stereocenters. The van der Waals surface area contributed by atoms with Gasteiger partial charge in [0, 0.05) is 12.6 Å². The number of carbonyl (C=O) groups is 2. The van der Waals surface area contributed by atoms with Crippen molar-refractivity contribution in [3.8, 4) is 0 Å². The van der Waals surface area contributed by atoms with E-state index in [9.17, 15) is 18.0 Å². The van der Waals surface area contributed by atoms with Gasteiger partial charge in [-0.1, -0.05) is 91.9 Å². The van der Waals surface area contributed by atoms with Crippen LogP contribution in [0.1, 0.15) is 62.1 Å². The maximum absolute atomic E-state index is 14.2. The molecule has 4 rings (SSSR count). The van der Waals surface area contributed by atoms with Gasteiger partial charge in [-0.25, -0.2) is 8.42 Å². The van der Waals surface area contributed by atoms with Crippen LogP contribution in [0, 0.1) is 13.8 Å². The highest BCUT2D eigenvalue weighted by molar-refractivity contribution is 7.92. The average molecular weight is 576 g/mol. The number of benzene rings is 3. The summed E-state index contributed by atoms with van der Waals surface area (Å²) in [5.74, 6) is -0.620. The molecule has 1 N–H and O–H groups in total. The number of amides is 2. The van der Waals surface area contributed by atoms with Crippen LogP contribution in [0.15, 0.2) is 83.8 Å². The zero-order chi connectivity index (χ0) is 29.4. The lowest BCUT2D eigenvalue weighted by Gasteiger charge is -2.34. The van der Waals surface area contributed by atoms with Crippen molar-refractivity contribution in [3.05, 3.63) is 95.6 Å². The van der Waals surface area contributed by atoms with Crippen molar-refractivity contribution in [2.45, 2.75) is 82.8 Å². The third-order valence-corrected chi connectivity index (χ3v) is 9.49. The van der Waals surface area contributed by atoms with Gasteiger partial charge >= 0.3 is 0 Å². The summed E-state index contributed by atoms with van der Waals surface area (Å²) in [5, 5.41) is 3.19. The summed E-state index contributed by atoms with van der Waals surface area (Å²) in [5.41, 5.74) is 3.30. The van der Waals surface area contributed by atoms with Crippen molar-refractivity contribution in [2.24, 2.45) is 0 Å². The minimum atomic E-state index is -4.07. The Morgan fingerprint density at radius 2 is 1.56 bits per heavy atom. The smallest absolute Gasteiger partial charge is 0.264 e. The number of hydrogen-bond acceptors (Lipinski definition) is 4. The fourth-order valence-electron chi connectivity index (χ4n) is 5.43. The van der Waals surface area contributed by atoms with Gasteiger partial charge in [-0.2, -0.15) is 0 Å². The third kappa shape index (κ3) is 7.76. The van der Waals surface area contributed by atoms with E-state index in [0.29, 0.717) is 12.1 Å². The predicted octanol–water partition coefficient (Wildman–Crippen LogP) is 5.76. The molecule has 0 aliphatic heterocycles. The standard InChI is InChI=1S/C33H41N3O4S/c1-4-31(33(38)34-28-14-7-5-8-15-28)35(23-27-13-11-12-26(3)22-27)32(37)24-36(29-20-18-25(2)19-21-29)41(39,40)30-16-9-6-10-17-30/h6,9-13,16-22,28,31H,4-5,7-8,14-15,23-24H2,1-3H3,(H,34,38). The van der Waals surface area contributed by atoms with Crippen LogP contribution in [0.3, 0.4) is 0 Å². The van der Waals surface area contributed by atoms with E-state index < -0.39 is 28.5 Å². The minimum Gasteiger partial charge on any atom is -0.352 e. The van der Waals surface area contributed by atoms with Gasteiger partial charge in [-0.15, -0.1) is 0 Å². The van der Waals surface area contributed by atoms with Gasteiger partial charge in [0.1, 0.15) is 12.6 Å². The van der Waals surface area contributed by atoms with Crippen molar-refractivity contribution in [1.29, 1.82) is 0 Å². The van der Waals surface area contributed by atoms with E-state index in [0.717, 1.165) is 46.7 Å². The van der Waals surface area contributed by atoms with Crippen LogP contribution >= 0.6 is 0 Å². The zero-order valence-corrected chi connectivity index (χ0v) is 25.1. The molecule has 41 heavy (non-hydrogen) atoms. The topological polar surface area (TPSA) is 86.8 Å². The first kappa shape index (κ1) is 30.3. The third-order valence-electron chi connectivity index (χ3n) is 7.70. The molecule has 1 fully saturated rings. The molecule has 0 aromatic heterocycles. The largest absolute Gasteiger partial charge is 0.352 e. The number of sulfonamides is 1. The van der Waals surface area contributed by atoms with Crippen LogP contribution in [0.2, 0.25) is 0 Å². The van der Waals surface area contributed by atoms with Crippen LogP contribution in [0.4, 0.5) is 5.69 Å². The van der Waals surface area contributed by atoms with Gasteiger partial charge in [0.05, 0.1) is 10.6 Å². The van der Waals surface area contributed by atoms with E-state index in [1.165, 1.54) is 18.6 Å². The maximum atomic E-state index is 14.2. The molecule has 7 nitrogen and oxygen atoms in total. The van der Waals surface area contributed by atoms with Crippen molar-refractivity contribution in [3.63, 3.8) is 0 Å². The molecular weight excluding hydrogens is 534 g/mol. The Morgan fingerprint density at radius 3 is 2.20 bits per heavy atom. The second-order valence-corrected chi connectivity index (χ2v) is 12.8. The maximum Gasteiger partial charge on any atom is 0.264 e. The summed E-state index contributed by atoms with van der Waals surface area (Å²) in [6.45, 7) is 5.56. The fourth-order valence-corrected chi connectivity index (χ4v) is 6.87. The van der Waals surface area contributed by atoms with E-state index in [4.69, 9.17) is 0 Å². The highest BCUT2D eigenvalue weighted by Crippen LogP contribution is 2.25. The van der Waals surface area contributed by atoms with Gasteiger partial charge in [-0.3, -0.25) is 13.9 Å². The van der Waals surface area contributed by atoms with E-state index >= 15 is 0 Å². The van der Waals surface area contributed by atoms with Crippen LogP contribution < -0.4 is 9.62 Å². The average Bonchev–Trinajstić information content (AvgIpc) is 2.97. The van der Waals surface area contributed by atoms with Crippen molar-refractivity contribution >= 4 is 27.5 Å². The zero-order valence-electron chi connectivity index (χ0n) is 24.3. The second-order valence-electron chi connectivity index (χ2n) is 10.9. The molecule has 1 aliphatic carbocycles. The molecule has 8 heteroatoms. The van der Waals surface area contributed by atoms with Crippen LogP contribution in [-0.4, -0.2) is 43.8 Å². The van der Waals surface area contributed by atoms with Crippen molar-refractivity contribution in [1.82, 2.24) is 10.2 Å². The summed E-state index contributed by atoms with van der Waals surface area (Å²) in [4.78, 5) is 29.5. The number of hydrogen-bond donors (Lipinski definition) is 1. The number of rotatable bonds is 11. The van der Waals surface area contributed by atoms with Gasteiger partial charge in [-0.05, 0) is 62.9 Å². The molecule has 1 unspecified atom stereocenters. The molecule has 1 saturated carbocycles. The van der Waals surface area contributed by atoms with Gasteiger partial charge in [0.25, 0.3) is 10.0 Å². The molecule has 0 heterocycles. The number of anilines is 1. The normalized spacial score (nSPS) is 14.7. The second kappa shape index (κ2) is 13.8. The molecule has 0 bridgehead atoms. The Balaban J connectivity index is 1.69. The number of carbonyl (C=O) groups excluding carboxylic acids is 2. The summed E-state index contributed by atoms with van der Waals surface area (Å²) in [6, 6.07) is 22.4. The lowest BCUT2D eigenvalue weighted by atomic mass is 9.95. The van der Waals surface area contributed by atoms with E-state index in [2.05, 4.69) is 5.32 Å². The van der Waals surface area contributed by atoms with Crippen LogP contribution in [0.25, 0.3) is 0 Å². The van der Waals surface area contributed by atoms with E-state index in [-0.39, 0.29) is 23.4 Å².